The first kappa shape index (κ1) is 202. The zero-order valence-electron chi connectivity index (χ0n) is 25.3. The maximum Gasteiger partial charge on any atom is 0 e. The van der Waals surface area contributed by atoms with E-state index in [0.29, 0.717) is 0 Å². The van der Waals surface area contributed by atoms with Crippen molar-refractivity contribution in [2.75, 3.05) is 0 Å². The molecular formula is C12H9NY31-2. The Kier molecular flexibility index (Phi) is 753. The van der Waals surface area contributed by atoms with Crippen LogP contribution in [0.1, 0.15) is 5.56 Å². The first-order valence-electron chi connectivity index (χ1n) is 4.17. The largest absolute Gasteiger partial charge is 0.370 e. The normalized spacial score (nSPS) is 2.93. The number of benzene rings is 1. The monoisotopic (exact) mass is 2920 g/mol. The van der Waals surface area contributed by atoms with Crippen molar-refractivity contribution in [3.8, 4) is 11.1 Å². The fourth-order valence-corrected chi connectivity index (χ4v) is 1.14. The van der Waals surface area contributed by atoms with Crippen LogP contribution in [0.2, 0.25) is 0 Å². The molecule has 0 spiro atoms. The van der Waals surface area contributed by atoms with Crippen LogP contribution in [0.25, 0.3) is 11.1 Å². The van der Waals surface area contributed by atoms with Gasteiger partial charge in [-0.1, -0.05) is 19.3 Å². The molecular weight excluding hydrogens is 2910 g/mol. The van der Waals surface area contributed by atoms with E-state index in [-0.39, 0.29) is 1010 Å². The molecule has 31 radical (unpaired) electrons. The molecule has 32 heteroatoms. The molecule has 1 nitrogen and oxygen atoms in total. The predicted molar refractivity (Wildman–Crippen MR) is 52.1 cm³/mol. The van der Waals surface area contributed by atoms with E-state index in [1.807, 2.05) is 25.1 Å². The summed E-state index contributed by atoms with van der Waals surface area (Å²) in [6.45, 7) is 2.05. The average Bonchev–Trinajstić information content (AvgIpc) is 2.20. The van der Waals surface area contributed by atoms with Gasteiger partial charge in [0, 0.05) is 1010 Å². The second kappa shape index (κ2) is 164. The summed E-state index contributed by atoms with van der Waals surface area (Å²) in [5, 5.41) is 0. The molecule has 0 N–H and O–H groups in total. The third kappa shape index (κ3) is 136. The summed E-state index contributed by atoms with van der Waals surface area (Å²) in [5.41, 5.74) is 3.24. The molecule has 2 aromatic rings. The van der Waals surface area contributed by atoms with E-state index < -0.39 is 0 Å². The minimum atomic E-state index is 0. The van der Waals surface area contributed by atoms with Crippen LogP contribution >= 0.6 is 0 Å². The van der Waals surface area contributed by atoms with Gasteiger partial charge in [-0.3, -0.25) is 0 Å². The van der Waals surface area contributed by atoms with Crippen molar-refractivity contribution >= 4 is 0 Å². The molecule has 0 saturated heterocycles. The van der Waals surface area contributed by atoms with Crippen LogP contribution in [0.3, 0.4) is 0 Å². The number of rotatable bonds is 1. The molecule has 0 aliphatic carbocycles. The third-order valence-electron chi connectivity index (χ3n) is 1.86. The summed E-state index contributed by atoms with van der Waals surface area (Å²) in [4.78, 5) is 4.03. The zero-order valence-corrected chi connectivity index (χ0v) is 113. The topological polar surface area (TPSA) is 12.9 Å². The van der Waals surface area contributed by atoms with Crippen molar-refractivity contribution in [2.45, 2.75) is 6.92 Å². The van der Waals surface area contributed by atoms with Crippen molar-refractivity contribution in [3.05, 3.63) is 54.4 Å². The number of hydrogen-bond acceptors (Lipinski definition) is 1. The van der Waals surface area contributed by atoms with Crippen LogP contribution in [0, 0.1) is 19.1 Å². The predicted octanol–water partition coefficient (Wildman–Crippen LogP) is 2.58. The molecule has 0 bridgehead atoms. The van der Waals surface area contributed by atoms with Gasteiger partial charge in [-0.25, -0.2) is 11.1 Å². The molecule has 1 aromatic heterocycles. The summed E-state index contributed by atoms with van der Waals surface area (Å²) in [5.74, 6) is 0. The van der Waals surface area contributed by atoms with E-state index in [1.165, 1.54) is 5.56 Å². The van der Waals surface area contributed by atoms with Gasteiger partial charge < -0.3 is 4.98 Å². The maximum absolute atomic E-state index is 4.03. The van der Waals surface area contributed by atoms with Crippen LogP contribution in [0.4, 0.5) is 0 Å². The summed E-state index contributed by atoms with van der Waals surface area (Å²) < 4.78 is 0. The fourth-order valence-electron chi connectivity index (χ4n) is 1.14. The van der Waals surface area contributed by atoms with Crippen molar-refractivity contribution in [1.82, 2.24) is 4.98 Å². The molecule has 1 aromatic carbocycles. The molecule has 0 aliphatic heterocycles. The van der Waals surface area contributed by atoms with Crippen molar-refractivity contribution in [3.63, 3.8) is 0 Å². The minimum absolute atomic E-state index is 0. The summed E-state index contributed by atoms with van der Waals surface area (Å²) >= 11 is 0. The molecule has 0 atom stereocenters. The van der Waals surface area contributed by atoms with Gasteiger partial charge in [0.1, 0.15) is 0 Å². The van der Waals surface area contributed by atoms with Crippen molar-refractivity contribution < 1.29 is 1010 Å². The van der Waals surface area contributed by atoms with Crippen LogP contribution in [-0.4, -0.2) is 4.98 Å². The second-order valence-corrected chi connectivity index (χ2v) is 2.93. The summed E-state index contributed by atoms with van der Waals surface area (Å²) in [7, 11) is 0. The molecule has 0 fully saturated rings. The maximum atomic E-state index is 4.03. The van der Waals surface area contributed by atoms with E-state index >= 15 is 0 Å². The van der Waals surface area contributed by atoms with E-state index in [9.17, 15) is 0 Å². The number of aromatic nitrogens is 1. The third-order valence-corrected chi connectivity index (χ3v) is 1.86. The Bertz CT molecular complexity index is 414. The van der Waals surface area contributed by atoms with E-state index in [4.69, 9.17) is 0 Å². The summed E-state index contributed by atoms with van der Waals surface area (Å²) in [6.07, 6.45) is 3.51. The van der Waals surface area contributed by atoms with Gasteiger partial charge in [-0.15, -0.1) is 11.6 Å². The first-order valence-corrected chi connectivity index (χ1v) is 4.17. The van der Waals surface area contributed by atoms with Crippen molar-refractivity contribution in [2.24, 2.45) is 0 Å². The van der Waals surface area contributed by atoms with Gasteiger partial charge in [-0.2, -0.15) is 30.3 Å². The van der Waals surface area contributed by atoms with E-state index in [2.05, 4.69) is 23.2 Å². The first-order chi connectivity index (χ1) is 6.36. The molecule has 0 saturated carbocycles. The standard InChI is InChI=1S/C12H9N.31Y/c1-10-4-6-11(7-5-10)12-3-2-8-13-9-12;;;;;;;;;;;;;;;;;;;;;;;;;;;;;;;/h2,4-6,8-9H,1H3;;;;;;;;;;;;;;;;;;;;;;;;;;;;;;;/q-2;;;;;;;;;;;;;;;;;;;;;;;;;;;;;;;. The van der Waals surface area contributed by atoms with Gasteiger partial charge in [0.25, 0.3) is 0 Å². The molecule has 0 amide bonds. The Labute approximate surface area is 1050 Å². The molecule has 2 rings (SSSR count). The Morgan fingerprint density at radius 1 is 0.364 bits per heavy atom. The van der Waals surface area contributed by atoms with E-state index in [0.717, 1.165) is 11.1 Å². The van der Waals surface area contributed by atoms with Gasteiger partial charge >= 0.3 is 0 Å². The molecule has 0 unspecified atom stereocenters. The van der Waals surface area contributed by atoms with Gasteiger partial charge in [0.15, 0.2) is 0 Å². The SMILES string of the molecule is Cc1c[c-]c(-c2[c-]ccnc2)cc1.[Y].[Y].[Y].[Y].[Y].[Y].[Y].[Y].[Y].[Y].[Y].[Y].[Y].[Y].[Y].[Y].[Y].[Y].[Y].[Y].[Y].[Y].[Y].[Y].[Y].[Y].[Y].[Y].[Y].[Y].[Y]. The number of hydrogen-bond donors (Lipinski definition) is 0. The smallest absolute Gasteiger partial charge is 0 e. The Morgan fingerprint density at radius 3 is 0.818 bits per heavy atom. The molecule has 44 heavy (non-hydrogen) atoms. The van der Waals surface area contributed by atoms with Crippen LogP contribution in [0.5, 0.6) is 0 Å². The molecule has 157 valence electrons. The minimum Gasteiger partial charge on any atom is -0.370 e. The van der Waals surface area contributed by atoms with Gasteiger partial charge in [0.2, 0.25) is 0 Å². The van der Waals surface area contributed by atoms with Gasteiger partial charge in [-0.05, 0) is 0 Å². The number of aryl methyl sites for hydroxylation is 1. The van der Waals surface area contributed by atoms with Crippen LogP contribution < -0.4 is 0 Å². The summed E-state index contributed by atoms with van der Waals surface area (Å²) in [6, 6.07) is 14.2. The Balaban J connectivity index is -0.00000000226. The molecule has 0 aliphatic rings. The number of pyridine rings is 1. The zero-order chi connectivity index (χ0) is 9.10. The number of nitrogens with zero attached hydrogens (tertiary/aromatic N) is 1. The van der Waals surface area contributed by atoms with Gasteiger partial charge in [0.05, 0.1) is 0 Å². The van der Waals surface area contributed by atoms with E-state index in [1.54, 1.807) is 12.4 Å². The van der Waals surface area contributed by atoms with Crippen molar-refractivity contribution in [1.29, 1.82) is 0 Å². The molecule has 1 heterocycles. The van der Waals surface area contributed by atoms with Crippen LogP contribution in [-0.2, 0) is 1010 Å². The Morgan fingerprint density at radius 2 is 0.636 bits per heavy atom. The Hall–Kier alpha value is 32.6. The second-order valence-electron chi connectivity index (χ2n) is 2.93. The fraction of sp³-hybridized carbons (Fsp3) is 0.0833. The average molecular weight is 2920 g/mol. The quantitative estimate of drug-likeness (QED) is 0.401. The van der Waals surface area contributed by atoms with Crippen LogP contribution in [0.15, 0.2) is 36.7 Å².